The van der Waals surface area contributed by atoms with Crippen LogP contribution in [0, 0.1) is 5.92 Å². The van der Waals surface area contributed by atoms with Gasteiger partial charge in [0, 0.05) is 25.2 Å². The lowest BCUT2D eigenvalue weighted by molar-refractivity contribution is -0.136. The second kappa shape index (κ2) is 5.30. The van der Waals surface area contributed by atoms with Gasteiger partial charge in [-0.3, -0.25) is 9.69 Å². The normalized spacial score (nSPS) is 38.8. The van der Waals surface area contributed by atoms with Crippen molar-refractivity contribution >= 4 is 5.91 Å². The first-order valence-corrected chi connectivity index (χ1v) is 8.61. The summed E-state index contributed by atoms with van der Waals surface area (Å²) in [6.45, 7) is 4.34. The van der Waals surface area contributed by atoms with Crippen LogP contribution in [0.5, 0.6) is 0 Å². The van der Waals surface area contributed by atoms with Gasteiger partial charge in [0.1, 0.15) is 0 Å². The maximum absolute atomic E-state index is 12.6. The summed E-state index contributed by atoms with van der Waals surface area (Å²) in [7, 11) is 0. The van der Waals surface area contributed by atoms with Crippen LogP contribution in [0.2, 0.25) is 0 Å². The average Bonchev–Trinajstić information content (AvgIpc) is 3.19. The number of rotatable bonds is 2. The van der Waals surface area contributed by atoms with Crippen LogP contribution in [0.25, 0.3) is 0 Å². The van der Waals surface area contributed by atoms with Crippen LogP contribution in [0.3, 0.4) is 0 Å². The Bertz CT molecular complexity index is 376. The van der Waals surface area contributed by atoms with Gasteiger partial charge in [0.15, 0.2) is 0 Å². The Morgan fingerprint density at radius 2 is 1.90 bits per heavy atom. The van der Waals surface area contributed by atoms with E-state index in [1.807, 2.05) is 0 Å². The van der Waals surface area contributed by atoms with E-state index in [9.17, 15) is 4.79 Å². The highest BCUT2D eigenvalue weighted by Gasteiger charge is 2.43. The van der Waals surface area contributed by atoms with E-state index in [-0.39, 0.29) is 6.04 Å². The second-order valence-electron chi connectivity index (χ2n) is 7.16. The van der Waals surface area contributed by atoms with Crippen LogP contribution < -0.4 is 5.32 Å². The third-order valence-electron chi connectivity index (χ3n) is 5.80. The molecule has 0 aromatic heterocycles. The van der Waals surface area contributed by atoms with Crippen molar-refractivity contribution in [3.8, 4) is 0 Å². The van der Waals surface area contributed by atoms with Gasteiger partial charge in [-0.2, -0.15) is 0 Å². The van der Waals surface area contributed by atoms with E-state index in [0.29, 0.717) is 5.91 Å². The molecule has 3 unspecified atom stereocenters. The number of nitrogens with one attached hydrogen (secondary N) is 1. The summed E-state index contributed by atoms with van der Waals surface area (Å²) >= 11 is 0. The van der Waals surface area contributed by atoms with E-state index >= 15 is 0 Å². The van der Waals surface area contributed by atoms with Gasteiger partial charge in [-0.05, 0) is 64.0 Å². The summed E-state index contributed by atoms with van der Waals surface area (Å²) in [4.78, 5) is 17.5. The predicted octanol–water partition coefficient (Wildman–Crippen LogP) is 1.21. The number of piperidine rings is 2. The Morgan fingerprint density at radius 3 is 2.65 bits per heavy atom. The van der Waals surface area contributed by atoms with E-state index in [0.717, 1.165) is 50.5 Å². The lowest BCUT2D eigenvalue weighted by atomic mass is 9.83. The molecule has 0 aromatic carbocycles. The van der Waals surface area contributed by atoms with Crippen LogP contribution in [0.1, 0.15) is 44.9 Å². The molecule has 4 nitrogen and oxygen atoms in total. The maximum atomic E-state index is 12.6. The minimum atomic E-state index is 0.120. The van der Waals surface area contributed by atoms with Crippen molar-refractivity contribution in [2.24, 2.45) is 5.92 Å². The Labute approximate surface area is 121 Å². The molecule has 3 atom stereocenters. The van der Waals surface area contributed by atoms with Crippen molar-refractivity contribution in [3.05, 3.63) is 0 Å². The lowest BCUT2D eigenvalue weighted by Gasteiger charge is -2.48. The van der Waals surface area contributed by atoms with Gasteiger partial charge in [0.05, 0.1) is 6.04 Å². The minimum Gasteiger partial charge on any atom is -0.341 e. The highest BCUT2D eigenvalue weighted by atomic mass is 16.2. The Balaban J connectivity index is 1.40. The monoisotopic (exact) mass is 277 g/mol. The number of nitrogens with zero attached hydrogens (tertiary/aromatic N) is 2. The van der Waals surface area contributed by atoms with E-state index in [1.54, 1.807) is 0 Å². The van der Waals surface area contributed by atoms with Crippen molar-refractivity contribution in [1.29, 1.82) is 0 Å². The van der Waals surface area contributed by atoms with Crippen molar-refractivity contribution in [2.45, 2.75) is 63.1 Å². The quantitative estimate of drug-likeness (QED) is 0.824. The van der Waals surface area contributed by atoms with Gasteiger partial charge in [0.25, 0.3) is 0 Å². The molecule has 4 aliphatic rings. The molecule has 1 amide bonds. The third kappa shape index (κ3) is 2.37. The highest BCUT2D eigenvalue weighted by Crippen LogP contribution is 2.38. The van der Waals surface area contributed by atoms with E-state index in [2.05, 4.69) is 15.1 Å². The molecule has 3 aliphatic heterocycles. The number of hydrogen-bond donors (Lipinski definition) is 1. The number of hydrogen-bond acceptors (Lipinski definition) is 3. The summed E-state index contributed by atoms with van der Waals surface area (Å²) in [5.41, 5.74) is 0. The summed E-state index contributed by atoms with van der Waals surface area (Å²) in [5, 5.41) is 3.36. The third-order valence-corrected chi connectivity index (χ3v) is 5.80. The van der Waals surface area contributed by atoms with Gasteiger partial charge in [-0.1, -0.05) is 0 Å². The van der Waals surface area contributed by atoms with Crippen LogP contribution in [-0.4, -0.2) is 60.0 Å². The van der Waals surface area contributed by atoms with E-state index in [4.69, 9.17) is 0 Å². The molecule has 112 valence electrons. The van der Waals surface area contributed by atoms with E-state index in [1.165, 1.54) is 38.6 Å². The number of carbonyl (C=O) groups excluding carboxylic acids is 1. The minimum absolute atomic E-state index is 0.120. The number of carbonyl (C=O) groups is 1. The molecule has 4 heteroatoms. The Morgan fingerprint density at radius 1 is 1.00 bits per heavy atom. The zero-order chi connectivity index (χ0) is 13.5. The van der Waals surface area contributed by atoms with Crippen LogP contribution in [0.15, 0.2) is 0 Å². The number of amides is 1. The Kier molecular flexibility index (Phi) is 3.47. The first-order chi connectivity index (χ1) is 9.83. The molecule has 3 saturated heterocycles. The molecule has 20 heavy (non-hydrogen) atoms. The standard InChI is InChI=1S/C16H27N3O/c20-16(14-4-1-8-17-14)18-10-7-15-12(11-18)3-2-9-19(15)13-5-6-13/h12-15,17H,1-11H2. The van der Waals surface area contributed by atoms with Gasteiger partial charge >= 0.3 is 0 Å². The summed E-state index contributed by atoms with van der Waals surface area (Å²) in [6.07, 6.45) is 8.90. The largest absolute Gasteiger partial charge is 0.341 e. The van der Waals surface area contributed by atoms with Gasteiger partial charge in [-0.25, -0.2) is 0 Å². The van der Waals surface area contributed by atoms with Crippen molar-refractivity contribution in [2.75, 3.05) is 26.2 Å². The maximum Gasteiger partial charge on any atom is 0.239 e. The molecular formula is C16H27N3O. The molecule has 4 fully saturated rings. The van der Waals surface area contributed by atoms with Crippen LogP contribution in [-0.2, 0) is 4.79 Å². The van der Waals surface area contributed by atoms with Crippen LogP contribution >= 0.6 is 0 Å². The molecule has 1 N–H and O–H groups in total. The topological polar surface area (TPSA) is 35.6 Å². The van der Waals surface area contributed by atoms with Gasteiger partial charge < -0.3 is 10.2 Å². The molecule has 1 aliphatic carbocycles. The first-order valence-electron chi connectivity index (χ1n) is 8.61. The molecule has 4 rings (SSSR count). The highest BCUT2D eigenvalue weighted by molar-refractivity contribution is 5.82. The average molecular weight is 277 g/mol. The van der Waals surface area contributed by atoms with Gasteiger partial charge in [-0.15, -0.1) is 0 Å². The van der Waals surface area contributed by atoms with Gasteiger partial charge in [0.2, 0.25) is 5.91 Å². The second-order valence-corrected chi connectivity index (χ2v) is 7.16. The fourth-order valence-electron chi connectivity index (χ4n) is 4.62. The molecule has 0 spiro atoms. The van der Waals surface area contributed by atoms with E-state index < -0.39 is 0 Å². The zero-order valence-corrected chi connectivity index (χ0v) is 12.4. The van der Waals surface area contributed by atoms with Crippen LogP contribution in [0.4, 0.5) is 0 Å². The SMILES string of the molecule is O=C(C1CCCN1)N1CCC2C(CCCN2C2CC2)C1. The summed E-state index contributed by atoms with van der Waals surface area (Å²) in [6, 6.07) is 1.79. The molecule has 3 heterocycles. The summed E-state index contributed by atoms with van der Waals surface area (Å²) in [5.74, 6) is 1.12. The first kappa shape index (κ1) is 13.1. The molecule has 0 aromatic rings. The van der Waals surface area contributed by atoms with Crippen molar-refractivity contribution in [3.63, 3.8) is 0 Å². The fourth-order valence-corrected chi connectivity index (χ4v) is 4.62. The number of likely N-dealkylation sites (tertiary alicyclic amines) is 2. The fraction of sp³-hybridized carbons (Fsp3) is 0.938. The Hall–Kier alpha value is -0.610. The lowest BCUT2D eigenvalue weighted by Crippen LogP contribution is -2.57. The summed E-state index contributed by atoms with van der Waals surface area (Å²) < 4.78 is 0. The smallest absolute Gasteiger partial charge is 0.239 e. The molecule has 0 radical (unpaired) electrons. The zero-order valence-electron chi connectivity index (χ0n) is 12.4. The molecular weight excluding hydrogens is 250 g/mol. The van der Waals surface area contributed by atoms with Crippen molar-refractivity contribution in [1.82, 2.24) is 15.1 Å². The molecule has 0 bridgehead atoms. The van der Waals surface area contributed by atoms with Crippen molar-refractivity contribution < 1.29 is 4.79 Å². The predicted molar refractivity (Wildman–Crippen MR) is 78.5 cm³/mol. The number of fused-ring (bicyclic) bond motifs is 1. The molecule has 1 saturated carbocycles.